The largest absolute Gasteiger partial charge is 0.377 e. The van der Waals surface area contributed by atoms with Gasteiger partial charge in [0, 0.05) is 12.1 Å². The zero-order valence-corrected chi connectivity index (χ0v) is 14.3. The van der Waals surface area contributed by atoms with Gasteiger partial charge in [-0.15, -0.1) is 10.2 Å². The summed E-state index contributed by atoms with van der Waals surface area (Å²) in [5, 5.41) is 12.7. The highest BCUT2D eigenvalue weighted by atomic mass is 16.5. The molecule has 0 N–H and O–H groups in total. The van der Waals surface area contributed by atoms with Crippen LogP contribution in [0.4, 0.5) is 0 Å². The third-order valence-electron chi connectivity index (χ3n) is 4.24. The Morgan fingerprint density at radius 2 is 2.04 bits per heavy atom. The maximum absolute atomic E-state index is 13.0. The van der Waals surface area contributed by atoms with Crippen molar-refractivity contribution in [1.29, 1.82) is 0 Å². The third-order valence-corrected chi connectivity index (χ3v) is 4.24. The molecule has 7 heteroatoms. The molecule has 24 heavy (non-hydrogen) atoms. The van der Waals surface area contributed by atoms with Crippen LogP contribution in [0.25, 0.3) is 11.4 Å². The second-order valence-electron chi connectivity index (χ2n) is 6.44. The van der Waals surface area contributed by atoms with Gasteiger partial charge in [-0.05, 0) is 18.1 Å². The second-order valence-corrected chi connectivity index (χ2v) is 6.44. The van der Waals surface area contributed by atoms with E-state index in [0.717, 1.165) is 5.56 Å². The first-order valence-corrected chi connectivity index (χ1v) is 8.31. The first-order valence-electron chi connectivity index (χ1n) is 8.31. The zero-order valence-electron chi connectivity index (χ0n) is 14.3. The lowest BCUT2D eigenvalue weighted by Crippen LogP contribution is -2.50. The smallest absolute Gasteiger partial charge is 0.250 e. The maximum atomic E-state index is 13.0. The molecule has 1 fully saturated rings. The summed E-state index contributed by atoms with van der Waals surface area (Å²) < 4.78 is 5.43. The normalized spacial score (nSPS) is 19.5. The fraction of sp³-hybridized carbons (Fsp3) is 0.529. The molecule has 0 saturated carbocycles. The van der Waals surface area contributed by atoms with Crippen molar-refractivity contribution in [2.75, 3.05) is 19.8 Å². The van der Waals surface area contributed by atoms with Crippen molar-refractivity contribution in [3.8, 4) is 11.4 Å². The molecule has 1 aliphatic heterocycles. The SMILES string of the molecule is CC(C)C(C(=O)N1CCOC[C@H]1C)n1nnc(-c2ccccc2)n1. The van der Waals surface area contributed by atoms with Crippen molar-refractivity contribution in [2.24, 2.45) is 5.92 Å². The number of morpholine rings is 1. The van der Waals surface area contributed by atoms with E-state index in [1.165, 1.54) is 4.80 Å². The Labute approximate surface area is 141 Å². The molecule has 2 atom stereocenters. The summed E-state index contributed by atoms with van der Waals surface area (Å²) in [4.78, 5) is 16.4. The number of tetrazole rings is 1. The van der Waals surface area contributed by atoms with E-state index >= 15 is 0 Å². The molecule has 128 valence electrons. The highest BCUT2D eigenvalue weighted by Gasteiger charge is 2.34. The monoisotopic (exact) mass is 329 g/mol. The Hall–Kier alpha value is -2.28. The molecule has 3 rings (SSSR count). The molecule has 1 aromatic carbocycles. The van der Waals surface area contributed by atoms with Crippen LogP contribution in [0, 0.1) is 5.92 Å². The van der Waals surface area contributed by atoms with E-state index < -0.39 is 6.04 Å². The van der Waals surface area contributed by atoms with Crippen LogP contribution in [0.5, 0.6) is 0 Å². The summed E-state index contributed by atoms with van der Waals surface area (Å²) in [7, 11) is 0. The van der Waals surface area contributed by atoms with Crippen molar-refractivity contribution >= 4 is 5.91 Å². The minimum Gasteiger partial charge on any atom is -0.377 e. The van der Waals surface area contributed by atoms with Crippen molar-refractivity contribution in [1.82, 2.24) is 25.1 Å². The molecule has 0 aliphatic carbocycles. The number of benzene rings is 1. The van der Waals surface area contributed by atoms with Gasteiger partial charge in [0.15, 0.2) is 6.04 Å². The molecule has 0 radical (unpaired) electrons. The van der Waals surface area contributed by atoms with Crippen molar-refractivity contribution in [3.63, 3.8) is 0 Å². The molecular formula is C17H23N5O2. The van der Waals surface area contributed by atoms with Crippen LogP contribution in [0.2, 0.25) is 0 Å². The van der Waals surface area contributed by atoms with Crippen LogP contribution in [-0.2, 0) is 9.53 Å². The fourth-order valence-corrected chi connectivity index (χ4v) is 2.92. The lowest BCUT2D eigenvalue weighted by atomic mass is 10.0. The first kappa shape index (κ1) is 16.6. The average Bonchev–Trinajstić information content (AvgIpc) is 3.05. The van der Waals surface area contributed by atoms with E-state index in [9.17, 15) is 4.79 Å². The van der Waals surface area contributed by atoms with Gasteiger partial charge in [0.1, 0.15) is 0 Å². The molecule has 0 bridgehead atoms. The predicted octanol–water partition coefficient (Wildman–Crippen LogP) is 1.78. The summed E-state index contributed by atoms with van der Waals surface area (Å²) in [6.07, 6.45) is 0. The summed E-state index contributed by atoms with van der Waals surface area (Å²) >= 11 is 0. The number of aromatic nitrogens is 4. The first-order chi connectivity index (χ1) is 11.6. The zero-order chi connectivity index (χ0) is 17.1. The number of hydrogen-bond donors (Lipinski definition) is 0. The Kier molecular flexibility index (Phi) is 4.89. The van der Waals surface area contributed by atoms with Gasteiger partial charge in [0.2, 0.25) is 11.7 Å². The van der Waals surface area contributed by atoms with Gasteiger partial charge in [-0.3, -0.25) is 4.79 Å². The van der Waals surface area contributed by atoms with E-state index in [1.54, 1.807) is 0 Å². The van der Waals surface area contributed by atoms with Gasteiger partial charge in [0.25, 0.3) is 0 Å². The fourth-order valence-electron chi connectivity index (χ4n) is 2.92. The minimum absolute atomic E-state index is 0.0258. The number of carbonyl (C=O) groups is 1. The summed E-state index contributed by atoms with van der Waals surface area (Å²) in [5.41, 5.74) is 0.887. The average molecular weight is 329 g/mol. The molecule has 2 aromatic rings. The summed E-state index contributed by atoms with van der Waals surface area (Å²) in [6, 6.07) is 9.25. The van der Waals surface area contributed by atoms with Gasteiger partial charge in [-0.2, -0.15) is 4.80 Å². The van der Waals surface area contributed by atoms with Crippen LogP contribution in [0.3, 0.4) is 0 Å². The Balaban J connectivity index is 1.86. The van der Waals surface area contributed by atoms with Gasteiger partial charge < -0.3 is 9.64 Å². The third kappa shape index (κ3) is 3.31. The number of hydrogen-bond acceptors (Lipinski definition) is 5. The Bertz CT molecular complexity index is 685. The van der Waals surface area contributed by atoms with E-state index in [4.69, 9.17) is 4.74 Å². The Morgan fingerprint density at radius 1 is 1.29 bits per heavy atom. The van der Waals surface area contributed by atoms with Gasteiger partial charge in [-0.25, -0.2) is 0 Å². The van der Waals surface area contributed by atoms with Crippen molar-refractivity contribution in [2.45, 2.75) is 32.9 Å². The molecule has 1 aliphatic rings. The van der Waals surface area contributed by atoms with E-state index in [-0.39, 0.29) is 17.9 Å². The highest BCUT2D eigenvalue weighted by molar-refractivity contribution is 5.81. The quantitative estimate of drug-likeness (QED) is 0.855. The molecular weight excluding hydrogens is 306 g/mol. The molecule has 1 aromatic heterocycles. The van der Waals surface area contributed by atoms with E-state index in [1.807, 2.05) is 56.0 Å². The molecule has 1 unspecified atom stereocenters. The molecule has 7 nitrogen and oxygen atoms in total. The summed E-state index contributed by atoms with van der Waals surface area (Å²) in [5.74, 6) is 0.618. The number of rotatable bonds is 4. The van der Waals surface area contributed by atoms with E-state index in [2.05, 4.69) is 15.4 Å². The molecule has 1 amide bonds. The number of amides is 1. The number of ether oxygens (including phenoxy) is 1. The molecule has 2 heterocycles. The molecule has 1 saturated heterocycles. The van der Waals surface area contributed by atoms with Crippen molar-refractivity contribution in [3.05, 3.63) is 30.3 Å². The second kappa shape index (κ2) is 7.09. The Morgan fingerprint density at radius 3 is 2.71 bits per heavy atom. The number of carbonyl (C=O) groups excluding carboxylic acids is 1. The highest BCUT2D eigenvalue weighted by Crippen LogP contribution is 2.22. The van der Waals surface area contributed by atoms with Crippen LogP contribution >= 0.6 is 0 Å². The lowest BCUT2D eigenvalue weighted by molar-refractivity contribution is -0.144. The number of nitrogens with zero attached hydrogens (tertiary/aromatic N) is 5. The standard InChI is InChI=1S/C17H23N5O2/c1-12(2)15(17(23)21-9-10-24-11-13(21)3)22-19-16(18-20-22)14-7-5-4-6-8-14/h4-8,12-13,15H,9-11H2,1-3H3/t13-,15?/m1/s1. The predicted molar refractivity (Wildman–Crippen MR) is 89.1 cm³/mol. The van der Waals surface area contributed by atoms with Crippen LogP contribution in [0.1, 0.15) is 26.8 Å². The minimum atomic E-state index is -0.462. The lowest BCUT2D eigenvalue weighted by Gasteiger charge is -2.36. The van der Waals surface area contributed by atoms with Gasteiger partial charge in [-0.1, -0.05) is 44.2 Å². The van der Waals surface area contributed by atoms with E-state index in [0.29, 0.717) is 25.6 Å². The topological polar surface area (TPSA) is 73.1 Å². The summed E-state index contributed by atoms with van der Waals surface area (Å²) in [6.45, 7) is 7.73. The van der Waals surface area contributed by atoms with Gasteiger partial charge in [0.05, 0.1) is 19.3 Å². The van der Waals surface area contributed by atoms with Crippen molar-refractivity contribution < 1.29 is 9.53 Å². The van der Waals surface area contributed by atoms with Crippen LogP contribution in [0.15, 0.2) is 30.3 Å². The van der Waals surface area contributed by atoms with Gasteiger partial charge >= 0.3 is 0 Å². The molecule has 0 spiro atoms. The maximum Gasteiger partial charge on any atom is 0.250 e. The van der Waals surface area contributed by atoms with Crippen LogP contribution < -0.4 is 0 Å². The van der Waals surface area contributed by atoms with Crippen LogP contribution in [-0.4, -0.2) is 56.8 Å².